The van der Waals surface area contributed by atoms with Gasteiger partial charge in [-0.1, -0.05) is 0 Å². The zero-order valence-corrected chi connectivity index (χ0v) is 7.69. The van der Waals surface area contributed by atoms with Crippen molar-refractivity contribution in [1.29, 1.82) is 0 Å². The summed E-state index contributed by atoms with van der Waals surface area (Å²) in [5, 5.41) is 0. The molecule has 0 saturated carbocycles. The van der Waals surface area contributed by atoms with Crippen LogP contribution in [0.5, 0.6) is 0 Å². The van der Waals surface area contributed by atoms with Gasteiger partial charge in [-0.15, -0.1) is 0 Å². The summed E-state index contributed by atoms with van der Waals surface area (Å²) in [6.07, 6.45) is 6.46. The van der Waals surface area contributed by atoms with E-state index in [4.69, 9.17) is 4.74 Å². The van der Waals surface area contributed by atoms with Crippen LogP contribution in [0.2, 0.25) is 0 Å². The van der Waals surface area contributed by atoms with Crippen LogP contribution in [0, 0.1) is 5.92 Å². The molecule has 2 heterocycles. The number of hydrogen-bond acceptors (Lipinski definition) is 2. The molecule has 2 rings (SSSR count). The average molecular weight is 179 g/mol. The third kappa shape index (κ3) is 1.59. The molecule has 0 aromatic rings. The molecule has 13 heavy (non-hydrogen) atoms. The number of carbonyl (C=O) groups excluding carboxylic acids is 1. The van der Waals surface area contributed by atoms with E-state index in [9.17, 15) is 4.79 Å². The summed E-state index contributed by atoms with van der Waals surface area (Å²) in [6, 6.07) is 0. The minimum absolute atomic E-state index is 0.166. The van der Waals surface area contributed by atoms with Gasteiger partial charge in [0.25, 0.3) is 0 Å². The summed E-state index contributed by atoms with van der Waals surface area (Å²) < 4.78 is 5.09. The van der Waals surface area contributed by atoms with E-state index in [-0.39, 0.29) is 5.91 Å². The Morgan fingerprint density at radius 2 is 2.54 bits per heavy atom. The average Bonchev–Trinajstić information content (AvgIpc) is 2.17. The number of fused-ring (bicyclic) bond motifs is 1. The maximum atomic E-state index is 11.1. The predicted molar refractivity (Wildman–Crippen MR) is 48.7 cm³/mol. The fourth-order valence-electron chi connectivity index (χ4n) is 1.78. The molecule has 3 heteroatoms. The summed E-state index contributed by atoms with van der Waals surface area (Å²) in [5.41, 5.74) is 1.31. The Balaban J connectivity index is 2.07. The predicted octanol–water partition coefficient (Wildman–Crippen LogP) is 1.28. The van der Waals surface area contributed by atoms with E-state index in [1.165, 1.54) is 5.57 Å². The van der Waals surface area contributed by atoms with Crippen molar-refractivity contribution < 1.29 is 9.53 Å². The van der Waals surface area contributed by atoms with Crippen LogP contribution in [0.1, 0.15) is 13.3 Å². The van der Waals surface area contributed by atoms with Crippen molar-refractivity contribution in [3.8, 4) is 0 Å². The van der Waals surface area contributed by atoms with Crippen molar-refractivity contribution in [2.75, 3.05) is 13.1 Å². The number of piperidine rings is 1. The minimum Gasteiger partial charge on any atom is -0.473 e. The van der Waals surface area contributed by atoms with Crippen LogP contribution in [0.15, 0.2) is 24.2 Å². The second-order valence-corrected chi connectivity index (χ2v) is 3.48. The molecule has 2 aliphatic heterocycles. The first-order chi connectivity index (χ1) is 6.27. The molecule has 0 bridgehead atoms. The van der Waals surface area contributed by atoms with Crippen molar-refractivity contribution in [2.45, 2.75) is 13.3 Å². The van der Waals surface area contributed by atoms with Crippen molar-refractivity contribution in [3.05, 3.63) is 24.2 Å². The lowest BCUT2D eigenvalue weighted by Gasteiger charge is -2.33. The molecule has 0 aromatic heterocycles. The molecule has 1 atom stereocenters. The van der Waals surface area contributed by atoms with Gasteiger partial charge in [0, 0.05) is 25.9 Å². The largest absolute Gasteiger partial charge is 0.473 e. The molecule has 1 amide bonds. The van der Waals surface area contributed by atoms with Crippen molar-refractivity contribution >= 4 is 5.91 Å². The normalized spacial score (nSPS) is 26.1. The first-order valence-corrected chi connectivity index (χ1v) is 4.54. The van der Waals surface area contributed by atoms with E-state index < -0.39 is 0 Å². The summed E-state index contributed by atoms with van der Waals surface area (Å²) >= 11 is 0. The monoisotopic (exact) mass is 179 g/mol. The van der Waals surface area contributed by atoms with E-state index in [2.05, 4.69) is 0 Å². The Kier molecular flexibility index (Phi) is 2.08. The third-order valence-electron chi connectivity index (χ3n) is 2.62. The van der Waals surface area contributed by atoms with Gasteiger partial charge in [0.1, 0.15) is 0 Å². The molecule has 70 valence electrons. The Morgan fingerprint density at radius 1 is 1.69 bits per heavy atom. The smallest absolute Gasteiger partial charge is 0.219 e. The third-order valence-corrected chi connectivity index (χ3v) is 2.62. The Bertz CT molecular complexity index is 281. The molecule has 0 radical (unpaired) electrons. The fraction of sp³-hybridized carbons (Fsp3) is 0.500. The van der Waals surface area contributed by atoms with Crippen LogP contribution >= 0.6 is 0 Å². The van der Waals surface area contributed by atoms with Gasteiger partial charge in [0.2, 0.25) is 5.91 Å². The number of rotatable bonds is 0. The van der Waals surface area contributed by atoms with Crippen LogP contribution in [0.3, 0.4) is 0 Å². The van der Waals surface area contributed by atoms with Gasteiger partial charge in [-0.2, -0.15) is 0 Å². The van der Waals surface area contributed by atoms with Gasteiger partial charge >= 0.3 is 0 Å². The summed E-state index contributed by atoms with van der Waals surface area (Å²) in [6.45, 7) is 3.26. The lowest BCUT2D eigenvalue weighted by Crippen LogP contribution is -2.39. The number of likely N-dealkylation sites (tertiary alicyclic amines) is 1. The quantitative estimate of drug-likeness (QED) is 0.560. The highest BCUT2D eigenvalue weighted by molar-refractivity contribution is 5.73. The van der Waals surface area contributed by atoms with E-state index in [1.807, 2.05) is 17.2 Å². The summed E-state index contributed by atoms with van der Waals surface area (Å²) in [4.78, 5) is 13.0. The van der Waals surface area contributed by atoms with E-state index >= 15 is 0 Å². The van der Waals surface area contributed by atoms with E-state index in [0.29, 0.717) is 5.92 Å². The van der Waals surface area contributed by atoms with Gasteiger partial charge < -0.3 is 9.64 Å². The molecule has 0 aromatic carbocycles. The number of nitrogens with zero attached hydrogens (tertiary/aromatic N) is 1. The van der Waals surface area contributed by atoms with Crippen LogP contribution in [0.25, 0.3) is 0 Å². The van der Waals surface area contributed by atoms with Crippen molar-refractivity contribution in [3.63, 3.8) is 0 Å². The Labute approximate surface area is 77.7 Å². The van der Waals surface area contributed by atoms with Gasteiger partial charge in [-0.3, -0.25) is 4.79 Å². The fourth-order valence-corrected chi connectivity index (χ4v) is 1.78. The summed E-state index contributed by atoms with van der Waals surface area (Å²) in [5.74, 6) is 0.547. The van der Waals surface area contributed by atoms with Crippen molar-refractivity contribution in [1.82, 2.24) is 4.90 Å². The molecule has 1 fully saturated rings. The maximum Gasteiger partial charge on any atom is 0.219 e. The highest BCUT2D eigenvalue weighted by atomic mass is 16.5. The number of hydrogen-bond donors (Lipinski definition) is 0. The van der Waals surface area contributed by atoms with E-state index in [1.54, 1.807) is 13.2 Å². The van der Waals surface area contributed by atoms with Crippen LogP contribution in [0.4, 0.5) is 0 Å². The molecule has 1 unspecified atom stereocenters. The number of carbonyl (C=O) groups is 1. The maximum absolute atomic E-state index is 11.1. The first-order valence-electron chi connectivity index (χ1n) is 4.54. The number of amides is 1. The van der Waals surface area contributed by atoms with Gasteiger partial charge in [-0.05, 0) is 18.1 Å². The first kappa shape index (κ1) is 8.35. The Hall–Kier alpha value is -1.25. The highest BCUT2D eigenvalue weighted by Crippen LogP contribution is 2.26. The molecule has 0 spiro atoms. The molecule has 3 nitrogen and oxygen atoms in total. The van der Waals surface area contributed by atoms with Crippen LogP contribution < -0.4 is 0 Å². The molecule has 0 aliphatic carbocycles. The standard InChI is InChI=1S/C10H13NO2/c1-8(12)11-4-2-10-7-13-5-3-9(10)6-11/h3,5,7,9H,2,4,6H2,1H3. The molecule has 2 aliphatic rings. The topological polar surface area (TPSA) is 29.5 Å². The van der Waals surface area contributed by atoms with Gasteiger partial charge in [-0.25, -0.2) is 0 Å². The zero-order valence-electron chi connectivity index (χ0n) is 7.69. The minimum atomic E-state index is 0.166. The van der Waals surface area contributed by atoms with Gasteiger partial charge in [0.15, 0.2) is 0 Å². The highest BCUT2D eigenvalue weighted by Gasteiger charge is 2.25. The second kappa shape index (κ2) is 3.24. The Morgan fingerprint density at radius 3 is 3.31 bits per heavy atom. The lowest BCUT2D eigenvalue weighted by atomic mass is 9.92. The molecule has 0 N–H and O–H groups in total. The van der Waals surface area contributed by atoms with E-state index in [0.717, 1.165) is 19.5 Å². The molecular weight excluding hydrogens is 166 g/mol. The van der Waals surface area contributed by atoms with Crippen molar-refractivity contribution in [2.24, 2.45) is 5.92 Å². The number of ether oxygens (including phenoxy) is 1. The summed E-state index contributed by atoms with van der Waals surface area (Å²) in [7, 11) is 0. The van der Waals surface area contributed by atoms with Gasteiger partial charge in [0.05, 0.1) is 12.5 Å². The van der Waals surface area contributed by atoms with Crippen LogP contribution in [-0.4, -0.2) is 23.9 Å². The zero-order chi connectivity index (χ0) is 9.26. The second-order valence-electron chi connectivity index (χ2n) is 3.48. The SMILES string of the molecule is CC(=O)N1CCC2=COC=CC2C1. The lowest BCUT2D eigenvalue weighted by molar-refractivity contribution is -0.129. The van der Waals surface area contributed by atoms with Crippen LogP contribution in [-0.2, 0) is 9.53 Å². The molecular formula is C10H13NO2. The molecule has 1 saturated heterocycles.